The highest BCUT2D eigenvalue weighted by atomic mass is 35.5. The number of amides is 1. The zero-order valence-corrected chi connectivity index (χ0v) is 10.5. The van der Waals surface area contributed by atoms with E-state index in [4.69, 9.17) is 22.1 Å². The van der Waals surface area contributed by atoms with Gasteiger partial charge in [-0.25, -0.2) is 0 Å². The molecule has 1 aliphatic rings. The molecule has 1 heterocycles. The fourth-order valence-corrected chi connectivity index (χ4v) is 1.55. The Morgan fingerprint density at radius 3 is 2.94 bits per heavy atom. The number of rotatable bonds is 4. The van der Waals surface area contributed by atoms with Crippen molar-refractivity contribution in [1.82, 2.24) is 4.90 Å². The summed E-state index contributed by atoms with van der Waals surface area (Å²) in [5.41, 5.74) is 6.18. The SMILES string of the molecule is C=N/C(Cl)=C\C=C(/C)N1CCOC(C(N)=O)C1. The van der Waals surface area contributed by atoms with E-state index in [2.05, 4.69) is 11.7 Å². The van der Waals surface area contributed by atoms with Crippen LogP contribution in [0, 0.1) is 0 Å². The van der Waals surface area contributed by atoms with Crippen LogP contribution < -0.4 is 5.73 Å². The molecule has 0 aromatic heterocycles. The molecule has 1 unspecified atom stereocenters. The van der Waals surface area contributed by atoms with Crippen LogP contribution in [0.4, 0.5) is 0 Å². The summed E-state index contributed by atoms with van der Waals surface area (Å²) in [5, 5.41) is 0.323. The Morgan fingerprint density at radius 2 is 2.35 bits per heavy atom. The van der Waals surface area contributed by atoms with Gasteiger partial charge in [0.1, 0.15) is 5.16 Å². The van der Waals surface area contributed by atoms with Crippen LogP contribution in [-0.2, 0) is 9.53 Å². The van der Waals surface area contributed by atoms with Crippen LogP contribution in [0.5, 0.6) is 0 Å². The van der Waals surface area contributed by atoms with Gasteiger partial charge in [-0.2, -0.15) is 0 Å². The summed E-state index contributed by atoms with van der Waals surface area (Å²) in [5.74, 6) is -0.441. The maximum atomic E-state index is 11.0. The van der Waals surface area contributed by atoms with Gasteiger partial charge in [0, 0.05) is 12.2 Å². The number of hydrogen-bond donors (Lipinski definition) is 1. The average molecular weight is 258 g/mol. The Morgan fingerprint density at radius 1 is 1.65 bits per heavy atom. The number of primary amides is 1. The molecule has 1 aliphatic heterocycles. The first-order chi connectivity index (χ1) is 8.04. The molecular formula is C11H16ClN3O2. The van der Waals surface area contributed by atoms with Gasteiger partial charge in [-0.15, -0.1) is 0 Å². The lowest BCUT2D eigenvalue weighted by Crippen LogP contribution is -2.47. The number of halogens is 1. The third-order valence-corrected chi connectivity index (χ3v) is 2.74. The maximum Gasteiger partial charge on any atom is 0.248 e. The average Bonchev–Trinajstić information content (AvgIpc) is 2.35. The van der Waals surface area contributed by atoms with Crippen molar-refractivity contribution in [2.75, 3.05) is 19.7 Å². The number of ether oxygens (including phenoxy) is 1. The Labute approximate surface area is 106 Å². The third-order valence-electron chi connectivity index (χ3n) is 2.50. The van der Waals surface area contributed by atoms with Crippen molar-refractivity contribution >= 4 is 24.2 Å². The number of nitrogens with zero attached hydrogens (tertiary/aromatic N) is 2. The molecule has 1 atom stereocenters. The van der Waals surface area contributed by atoms with Gasteiger partial charge in [-0.3, -0.25) is 9.79 Å². The van der Waals surface area contributed by atoms with Crippen molar-refractivity contribution in [3.05, 3.63) is 23.0 Å². The molecule has 1 saturated heterocycles. The molecule has 2 N–H and O–H groups in total. The Kier molecular flexibility index (Phi) is 5.18. The Hall–Kier alpha value is -1.33. The molecule has 0 bridgehead atoms. The summed E-state index contributed by atoms with van der Waals surface area (Å²) >= 11 is 5.70. The molecule has 6 heteroatoms. The van der Waals surface area contributed by atoms with E-state index in [0.717, 1.165) is 12.2 Å². The quantitative estimate of drug-likeness (QED) is 0.461. The highest BCUT2D eigenvalue weighted by molar-refractivity contribution is 6.29. The lowest BCUT2D eigenvalue weighted by atomic mass is 10.2. The van der Waals surface area contributed by atoms with Crippen LogP contribution in [0.1, 0.15) is 6.92 Å². The summed E-state index contributed by atoms with van der Waals surface area (Å²) in [6.07, 6.45) is 2.92. The van der Waals surface area contributed by atoms with Gasteiger partial charge >= 0.3 is 0 Å². The molecule has 0 saturated carbocycles. The Bertz CT molecular complexity index is 366. The van der Waals surface area contributed by atoms with E-state index < -0.39 is 12.0 Å². The molecule has 0 aromatic rings. The number of allylic oxidation sites excluding steroid dienone is 3. The minimum Gasteiger partial charge on any atom is -0.370 e. The standard InChI is InChI=1S/C11H16ClN3O2/c1-8(3-4-10(12)14-2)15-5-6-17-9(7-15)11(13)16/h3-4,9H,2,5-7H2,1H3,(H2,13,16)/b8-3+,10-4-. The molecule has 1 rings (SSSR count). The lowest BCUT2D eigenvalue weighted by Gasteiger charge is -2.33. The van der Waals surface area contributed by atoms with Crippen molar-refractivity contribution in [1.29, 1.82) is 0 Å². The molecule has 94 valence electrons. The molecule has 5 nitrogen and oxygen atoms in total. The topological polar surface area (TPSA) is 67.9 Å². The number of nitrogens with two attached hydrogens (primary N) is 1. The highest BCUT2D eigenvalue weighted by Gasteiger charge is 2.24. The maximum absolute atomic E-state index is 11.0. The summed E-state index contributed by atoms with van der Waals surface area (Å²) < 4.78 is 5.25. The summed E-state index contributed by atoms with van der Waals surface area (Å²) in [7, 11) is 0. The first kappa shape index (κ1) is 13.7. The molecule has 0 spiro atoms. The van der Waals surface area contributed by atoms with E-state index in [1.54, 1.807) is 6.08 Å². The predicted molar refractivity (Wildman–Crippen MR) is 67.7 cm³/mol. The molecule has 1 amide bonds. The molecule has 1 fully saturated rings. The first-order valence-electron chi connectivity index (χ1n) is 5.21. The minimum atomic E-state index is -0.552. The lowest BCUT2D eigenvalue weighted by molar-refractivity contribution is -0.134. The second-order valence-corrected chi connectivity index (χ2v) is 4.05. The van der Waals surface area contributed by atoms with E-state index >= 15 is 0 Å². The highest BCUT2D eigenvalue weighted by Crippen LogP contribution is 2.12. The summed E-state index contributed by atoms with van der Waals surface area (Å²) in [4.78, 5) is 16.6. The van der Waals surface area contributed by atoms with Crippen LogP contribution in [0.25, 0.3) is 0 Å². The van der Waals surface area contributed by atoms with E-state index in [0.29, 0.717) is 18.3 Å². The second kappa shape index (κ2) is 6.42. The van der Waals surface area contributed by atoms with Crippen molar-refractivity contribution in [3.8, 4) is 0 Å². The molecule has 0 aromatic carbocycles. The van der Waals surface area contributed by atoms with Gasteiger partial charge in [0.15, 0.2) is 6.10 Å². The smallest absolute Gasteiger partial charge is 0.248 e. The predicted octanol–water partition coefficient (Wildman–Crippen LogP) is 0.857. The molecular weight excluding hydrogens is 242 g/mol. The van der Waals surface area contributed by atoms with E-state index in [1.807, 2.05) is 17.9 Å². The van der Waals surface area contributed by atoms with Gasteiger partial charge in [0.25, 0.3) is 0 Å². The number of aliphatic imine (C=N–C) groups is 1. The van der Waals surface area contributed by atoms with E-state index in [-0.39, 0.29) is 0 Å². The summed E-state index contributed by atoms with van der Waals surface area (Å²) in [6, 6.07) is 0. The first-order valence-corrected chi connectivity index (χ1v) is 5.59. The molecule has 0 aliphatic carbocycles. The van der Waals surface area contributed by atoms with Crippen molar-refractivity contribution < 1.29 is 9.53 Å². The van der Waals surface area contributed by atoms with Gasteiger partial charge in [-0.1, -0.05) is 11.6 Å². The zero-order valence-electron chi connectivity index (χ0n) is 9.73. The van der Waals surface area contributed by atoms with Crippen molar-refractivity contribution in [2.45, 2.75) is 13.0 Å². The largest absolute Gasteiger partial charge is 0.370 e. The third kappa shape index (κ3) is 4.20. The zero-order chi connectivity index (χ0) is 12.8. The fourth-order valence-electron chi connectivity index (χ4n) is 1.49. The number of carbonyl (C=O) groups excluding carboxylic acids is 1. The van der Waals surface area contributed by atoms with Crippen LogP contribution in [-0.4, -0.2) is 43.3 Å². The molecule has 0 radical (unpaired) electrons. The van der Waals surface area contributed by atoms with Crippen molar-refractivity contribution in [2.24, 2.45) is 10.7 Å². The normalized spacial score (nSPS) is 22.5. The summed E-state index contributed by atoms with van der Waals surface area (Å²) in [6.45, 7) is 6.90. The fraction of sp³-hybridized carbons (Fsp3) is 0.455. The second-order valence-electron chi connectivity index (χ2n) is 3.66. The van der Waals surface area contributed by atoms with E-state index in [9.17, 15) is 4.79 Å². The van der Waals surface area contributed by atoms with Gasteiger partial charge < -0.3 is 15.4 Å². The van der Waals surface area contributed by atoms with Crippen molar-refractivity contribution in [3.63, 3.8) is 0 Å². The minimum absolute atomic E-state index is 0.323. The number of hydrogen-bond acceptors (Lipinski definition) is 4. The van der Waals surface area contributed by atoms with Gasteiger partial charge in [0.2, 0.25) is 5.91 Å². The number of carbonyl (C=O) groups is 1. The monoisotopic (exact) mass is 257 g/mol. The number of morpholine rings is 1. The Balaban J connectivity index is 2.66. The van der Waals surface area contributed by atoms with Gasteiger partial charge in [-0.05, 0) is 25.8 Å². The van der Waals surface area contributed by atoms with Crippen LogP contribution in [0.2, 0.25) is 0 Å². The van der Waals surface area contributed by atoms with Crippen LogP contribution in [0.3, 0.4) is 0 Å². The van der Waals surface area contributed by atoms with Gasteiger partial charge in [0.05, 0.1) is 13.2 Å². The van der Waals surface area contributed by atoms with Crippen LogP contribution in [0.15, 0.2) is 28.0 Å². The van der Waals surface area contributed by atoms with E-state index in [1.165, 1.54) is 0 Å². The molecule has 17 heavy (non-hydrogen) atoms. The van der Waals surface area contributed by atoms with Crippen LogP contribution >= 0.6 is 11.6 Å².